The van der Waals surface area contributed by atoms with Gasteiger partial charge in [0, 0.05) is 18.6 Å². The zero-order chi connectivity index (χ0) is 17.2. The SMILES string of the molecule is C=CCNc1nnc(SCC(=O)N(C2CC2)[C@@H]2CCS(=O)(=O)C2)s1. The Morgan fingerprint density at radius 2 is 2.17 bits per heavy atom. The molecule has 2 aliphatic rings. The fourth-order valence-electron chi connectivity index (χ4n) is 2.75. The number of sulfone groups is 1. The summed E-state index contributed by atoms with van der Waals surface area (Å²) in [6, 6.07) is 0.0606. The van der Waals surface area contributed by atoms with Crippen LogP contribution in [0.1, 0.15) is 19.3 Å². The molecule has 0 aromatic carbocycles. The Bertz CT molecular complexity index is 715. The minimum absolute atomic E-state index is 0.000371. The second-order valence-corrected chi connectivity index (χ2v) is 10.3. The maximum atomic E-state index is 12.6. The van der Waals surface area contributed by atoms with Gasteiger partial charge in [0.15, 0.2) is 14.2 Å². The Morgan fingerprint density at radius 1 is 1.38 bits per heavy atom. The number of rotatable bonds is 8. The van der Waals surface area contributed by atoms with Gasteiger partial charge < -0.3 is 10.2 Å². The number of aromatic nitrogens is 2. The number of amides is 1. The van der Waals surface area contributed by atoms with Crippen molar-refractivity contribution in [2.75, 3.05) is 29.1 Å². The van der Waals surface area contributed by atoms with Gasteiger partial charge >= 0.3 is 0 Å². The first kappa shape index (κ1) is 17.7. The van der Waals surface area contributed by atoms with Crippen LogP contribution in [0.5, 0.6) is 0 Å². The highest BCUT2D eigenvalue weighted by molar-refractivity contribution is 8.01. The first-order chi connectivity index (χ1) is 11.5. The summed E-state index contributed by atoms with van der Waals surface area (Å²) < 4.78 is 24.1. The van der Waals surface area contributed by atoms with E-state index in [0.717, 1.165) is 17.2 Å². The average molecular weight is 389 g/mol. The summed E-state index contributed by atoms with van der Waals surface area (Å²) in [5.41, 5.74) is 0. The molecule has 10 heteroatoms. The third-order valence-corrected chi connectivity index (χ3v) is 7.70. The van der Waals surface area contributed by atoms with Crippen molar-refractivity contribution in [2.24, 2.45) is 0 Å². The molecule has 2 fully saturated rings. The van der Waals surface area contributed by atoms with E-state index in [1.54, 1.807) is 6.08 Å². The van der Waals surface area contributed by atoms with Crippen LogP contribution in [0.15, 0.2) is 17.0 Å². The third kappa shape index (κ3) is 4.48. The predicted octanol–water partition coefficient (Wildman–Crippen LogP) is 1.41. The lowest BCUT2D eigenvalue weighted by Crippen LogP contribution is -2.43. The van der Waals surface area contributed by atoms with Crippen molar-refractivity contribution in [3.63, 3.8) is 0 Å². The van der Waals surface area contributed by atoms with Crippen LogP contribution in [0.3, 0.4) is 0 Å². The van der Waals surface area contributed by atoms with Crippen LogP contribution in [-0.4, -0.2) is 65.3 Å². The number of nitrogens with zero attached hydrogens (tertiary/aromatic N) is 3. The van der Waals surface area contributed by atoms with E-state index in [1.165, 1.54) is 23.1 Å². The molecule has 1 atom stereocenters. The molecule has 0 radical (unpaired) electrons. The molecular weight excluding hydrogens is 368 g/mol. The van der Waals surface area contributed by atoms with Crippen LogP contribution < -0.4 is 5.32 Å². The smallest absolute Gasteiger partial charge is 0.233 e. The molecule has 132 valence electrons. The molecule has 1 aromatic heterocycles. The van der Waals surface area contributed by atoms with Gasteiger partial charge in [-0.15, -0.1) is 16.8 Å². The number of hydrogen-bond donors (Lipinski definition) is 1. The fourth-order valence-corrected chi connectivity index (χ4v) is 6.09. The second-order valence-electron chi connectivity index (χ2n) is 5.92. The monoisotopic (exact) mass is 388 g/mol. The van der Waals surface area contributed by atoms with Gasteiger partial charge in [0.2, 0.25) is 11.0 Å². The zero-order valence-corrected chi connectivity index (χ0v) is 15.6. The van der Waals surface area contributed by atoms with E-state index < -0.39 is 9.84 Å². The van der Waals surface area contributed by atoms with Crippen LogP contribution in [0.4, 0.5) is 5.13 Å². The number of anilines is 1. The second kappa shape index (κ2) is 7.40. The van der Waals surface area contributed by atoms with E-state index in [2.05, 4.69) is 22.1 Å². The molecule has 24 heavy (non-hydrogen) atoms. The van der Waals surface area contributed by atoms with Crippen LogP contribution in [0.25, 0.3) is 0 Å². The quantitative estimate of drug-likeness (QED) is 0.532. The Hall–Kier alpha value is -1.13. The summed E-state index contributed by atoms with van der Waals surface area (Å²) in [5, 5.41) is 11.8. The maximum Gasteiger partial charge on any atom is 0.233 e. The maximum absolute atomic E-state index is 12.6. The lowest BCUT2D eigenvalue weighted by molar-refractivity contribution is -0.130. The summed E-state index contributed by atoms with van der Waals surface area (Å²) in [4.78, 5) is 14.4. The van der Waals surface area contributed by atoms with E-state index in [9.17, 15) is 13.2 Å². The number of carbonyl (C=O) groups is 1. The molecule has 0 unspecified atom stereocenters. The Balaban J connectivity index is 1.56. The molecule has 1 saturated carbocycles. The molecule has 1 aromatic rings. The molecule has 1 amide bonds. The topological polar surface area (TPSA) is 92.3 Å². The van der Waals surface area contributed by atoms with Gasteiger partial charge in [-0.05, 0) is 19.3 Å². The van der Waals surface area contributed by atoms with Gasteiger partial charge in [-0.1, -0.05) is 29.2 Å². The lowest BCUT2D eigenvalue weighted by atomic mass is 10.2. The summed E-state index contributed by atoms with van der Waals surface area (Å²) in [5.74, 6) is 0.563. The standard InChI is InChI=1S/C14H20N4O3S3/c1-2-6-15-13-16-17-14(23-13)22-8-12(19)18(10-3-4-10)11-5-7-24(20,21)9-11/h2,10-11H,1,3-9H2,(H,15,16)/t11-/m1/s1. The molecule has 0 bridgehead atoms. The first-order valence-corrected chi connectivity index (χ1v) is 11.4. The van der Waals surface area contributed by atoms with Crippen molar-refractivity contribution >= 4 is 44.0 Å². The van der Waals surface area contributed by atoms with Gasteiger partial charge in [0.1, 0.15) is 0 Å². The van der Waals surface area contributed by atoms with E-state index in [-0.39, 0.29) is 35.2 Å². The molecule has 1 saturated heterocycles. The molecule has 2 heterocycles. The van der Waals surface area contributed by atoms with Gasteiger partial charge in [0.05, 0.1) is 17.3 Å². The van der Waals surface area contributed by atoms with E-state index >= 15 is 0 Å². The van der Waals surface area contributed by atoms with Crippen molar-refractivity contribution in [1.82, 2.24) is 15.1 Å². The van der Waals surface area contributed by atoms with Crippen LogP contribution in [0.2, 0.25) is 0 Å². The number of nitrogens with one attached hydrogen (secondary N) is 1. The number of hydrogen-bond acceptors (Lipinski definition) is 8. The van der Waals surface area contributed by atoms with E-state index in [4.69, 9.17) is 0 Å². The highest BCUT2D eigenvalue weighted by Crippen LogP contribution is 2.34. The average Bonchev–Trinajstić information content (AvgIpc) is 3.15. The van der Waals surface area contributed by atoms with Crippen LogP contribution in [0, 0.1) is 0 Å². The van der Waals surface area contributed by atoms with Crippen molar-refractivity contribution in [3.05, 3.63) is 12.7 Å². The molecular formula is C14H20N4O3S3. The normalized spacial score (nSPS) is 22.2. The minimum Gasteiger partial charge on any atom is -0.357 e. The predicted molar refractivity (Wildman–Crippen MR) is 96.2 cm³/mol. The molecule has 3 rings (SSSR count). The fraction of sp³-hybridized carbons (Fsp3) is 0.643. The molecule has 0 spiro atoms. The number of thioether (sulfide) groups is 1. The Kier molecular flexibility index (Phi) is 5.46. The third-order valence-electron chi connectivity index (χ3n) is 3.95. The summed E-state index contributed by atoms with van der Waals surface area (Å²) >= 11 is 2.75. The Morgan fingerprint density at radius 3 is 2.79 bits per heavy atom. The van der Waals surface area contributed by atoms with Crippen molar-refractivity contribution in [3.8, 4) is 0 Å². The molecule has 1 aliphatic heterocycles. The van der Waals surface area contributed by atoms with Crippen LogP contribution >= 0.6 is 23.1 Å². The van der Waals surface area contributed by atoms with Crippen molar-refractivity contribution in [2.45, 2.75) is 35.7 Å². The summed E-state index contributed by atoms with van der Waals surface area (Å²) in [6.07, 6.45) is 4.24. The highest BCUT2D eigenvalue weighted by atomic mass is 32.2. The van der Waals surface area contributed by atoms with Gasteiger partial charge in [-0.25, -0.2) is 8.42 Å². The molecule has 1 aliphatic carbocycles. The summed E-state index contributed by atoms with van der Waals surface area (Å²) in [7, 11) is -2.99. The summed E-state index contributed by atoms with van der Waals surface area (Å²) in [6.45, 7) is 4.24. The van der Waals surface area contributed by atoms with Crippen LogP contribution in [-0.2, 0) is 14.6 Å². The van der Waals surface area contributed by atoms with E-state index in [0.29, 0.717) is 18.1 Å². The van der Waals surface area contributed by atoms with Gasteiger partial charge in [-0.3, -0.25) is 4.79 Å². The van der Waals surface area contributed by atoms with Crippen molar-refractivity contribution < 1.29 is 13.2 Å². The first-order valence-electron chi connectivity index (χ1n) is 7.81. The lowest BCUT2D eigenvalue weighted by Gasteiger charge is -2.28. The minimum atomic E-state index is -2.99. The Labute approximate surface area is 149 Å². The van der Waals surface area contributed by atoms with Gasteiger partial charge in [0.25, 0.3) is 0 Å². The van der Waals surface area contributed by atoms with Crippen molar-refractivity contribution in [1.29, 1.82) is 0 Å². The van der Waals surface area contributed by atoms with Gasteiger partial charge in [-0.2, -0.15) is 0 Å². The zero-order valence-electron chi connectivity index (χ0n) is 13.2. The van der Waals surface area contributed by atoms with E-state index in [1.807, 2.05) is 4.90 Å². The highest BCUT2D eigenvalue weighted by Gasteiger charge is 2.41. The molecule has 7 nitrogen and oxygen atoms in total. The number of carbonyl (C=O) groups excluding carboxylic acids is 1. The largest absolute Gasteiger partial charge is 0.357 e. The molecule has 1 N–H and O–H groups in total.